The number of benzene rings is 2. The van der Waals surface area contributed by atoms with Crippen LogP contribution in [-0.2, 0) is 0 Å². The van der Waals surface area contributed by atoms with Crippen LogP contribution in [0.5, 0.6) is 5.75 Å². The van der Waals surface area contributed by atoms with Crippen molar-refractivity contribution in [2.45, 2.75) is 6.92 Å². The van der Waals surface area contributed by atoms with Crippen molar-refractivity contribution in [1.29, 1.82) is 0 Å². The summed E-state index contributed by atoms with van der Waals surface area (Å²) < 4.78 is 5.35. The zero-order valence-corrected chi connectivity index (χ0v) is 12.6. The van der Waals surface area contributed by atoms with E-state index in [-0.39, 0.29) is 5.91 Å². The second kappa shape index (κ2) is 6.07. The molecule has 2 aromatic carbocycles. The molecule has 0 saturated heterocycles. The SMILES string of the molecule is CCOc1ccc(C(=O)Nc2ccc3nc(Cl)[nH]c3c2)cc1. The van der Waals surface area contributed by atoms with Crippen LogP contribution in [0.4, 0.5) is 5.69 Å². The molecule has 1 heterocycles. The van der Waals surface area contributed by atoms with Crippen molar-refractivity contribution in [2.24, 2.45) is 0 Å². The third-order valence-electron chi connectivity index (χ3n) is 3.14. The Labute approximate surface area is 132 Å². The topological polar surface area (TPSA) is 67.0 Å². The van der Waals surface area contributed by atoms with Crippen LogP contribution in [0.1, 0.15) is 17.3 Å². The number of hydrogen-bond donors (Lipinski definition) is 2. The summed E-state index contributed by atoms with van der Waals surface area (Å²) in [4.78, 5) is 19.2. The number of anilines is 1. The summed E-state index contributed by atoms with van der Waals surface area (Å²) in [5, 5.41) is 3.16. The highest BCUT2D eigenvalue weighted by molar-refractivity contribution is 6.29. The first-order valence-electron chi connectivity index (χ1n) is 6.85. The lowest BCUT2D eigenvalue weighted by Crippen LogP contribution is -2.11. The molecule has 6 heteroatoms. The molecule has 0 aliphatic rings. The number of carbonyl (C=O) groups is 1. The lowest BCUT2D eigenvalue weighted by Gasteiger charge is -2.07. The van der Waals surface area contributed by atoms with Gasteiger partial charge < -0.3 is 15.0 Å². The van der Waals surface area contributed by atoms with E-state index in [0.717, 1.165) is 16.8 Å². The van der Waals surface area contributed by atoms with Crippen molar-refractivity contribution in [3.63, 3.8) is 0 Å². The number of carbonyl (C=O) groups excluding carboxylic acids is 1. The van der Waals surface area contributed by atoms with E-state index in [4.69, 9.17) is 16.3 Å². The van der Waals surface area contributed by atoms with E-state index < -0.39 is 0 Å². The molecule has 5 nitrogen and oxygen atoms in total. The van der Waals surface area contributed by atoms with E-state index in [1.165, 1.54) is 0 Å². The lowest BCUT2D eigenvalue weighted by atomic mass is 10.2. The molecule has 0 bridgehead atoms. The van der Waals surface area contributed by atoms with Gasteiger partial charge in [-0.15, -0.1) is 0 Å². The first kappa shape index (κ1) is 14.4. The zero-order valence-electron chi connectivity index (χ0n) is 11.9. The maximum absolute atomic E-state index is 12.2. The average molecular weight is 316 g/mol. The van der Waals surface area contributed by atoms with Crippen molar-refractivity contribution in [3.8, 4) is 5.75 Å². The molecule has 0 fully saturated rings. The first-order valence-corrected chi connectivity index (χ1v) is 7.23. The van der Waals surface area contributed by atoms with Crippen LogP contribution in [0.25, 0.3) is 11.0 Å². The Balaban J connectivity index is 1.76. The fourth-order valence-electron chi connectivity index (χ4n) is 2.13. The highest BCUT2D eigenvalue weighted by atomic mass is 35.5. The molecule has 1 amide bonds. The van der Waals surface area contributed by atoms with Crippen LogP contribution in [0.3, 0.4) is 0 Å². The largest absolute Gasteiger partial charge is 0.494 e. The summed E-state index contributed by atoms with van der Waals surface area (Å²) in [6.45, 7) is 2.51. The van der Waals surface area contributed by atoms with Gasteiger partial charge in [0, 0.05) is 11.3 Å². The molecule has 0 unspecified atom stereocenters. The minimum Gasteiger partial charge on any atom is -0.494 e. The summed E-state index contributed by atoms with van der Waals surface area (Å²) in [5.41, 5.74) is 2.76. The lowest BCUT2D eigenvalue weighted by molar-refractivity contribution is 0.102. The number of fused-ring (bicyclic) bond motifs is 1. The van der Waals surface area contributed by atoms with E-state index in [9.17, 15) is 4.79 Å². The predicted octanol–water partition coefficient (Wildman–Crippen LogP) is 3.87. The summed E-state index contributed by atoms with van der Waals surface area (Å²) >= 11 is 5.81. The van der Waals surface area contributed by atoms with Gasteiger partial charge in [0.15, 0.2) is 0 Å². The van der Waals surface area contributed by atoms with Crippen LogP contribution in [0, 0.1) is 0 Å². The highest BCUT2D eigenvalue weighted by Crippen LogP contribution is 2.20. The van der Waals surface area contributed by atoms with Gasteiger partial charge in [0.25, 0.3) is 5.91 Å². The molecule has 0 saturated carbocycles. The molecule has 0 aliphatic carbocycles. The Morgan fingerprint density at radius 3 is 2.77 bits per heavy atom. The highest BCUT2D eigenvalue weighted by Gasteiger charge is 2.08. The Morgan fingerprint density at radius 2 is 2.05 bits per heavy atom. The summed E-state index contributed by atoms with van der Waals surface area (Å²) in [6.07, 6.45) is 0. The van der Waals surface area contributed by atoms with E-state index in [1.807, 2.05) is 6.92 Å². The van der Waals surface area contributed by atoms with E-state index in [2.05, 4.69) is 15.3 Å². The van der Waals surface area contributed by atoms with Crippen molar-refractivity contribution in [3.05, 3.63) is 53.3 Å². The Morgan fingerprint density at radius 1 is 1.27 bits per heavy atom. The third-order valence-corrected chi connectivity index (χ3v) is 3.32. The smallest absolute Gasteiger partial charge is 0.255 e. The number of nitrogens with zero attached hydrogens (tertiary/aromatic N) is 1. The number of ether oxygens (including phenoxy) is 1. The minimum absolute atomic E-state index is 0.187. The molecule has 22 heavy (non-hydrogen) atoms. The maximum Gasteiger partial charge on any atom is 0.255 e. The van der Waals surface area contributed by atoms with Crippen LogP contribution >= 0.6 is 11.6 Å². The number of rotatable bonds is 4. The van der Waals surface area contributed by atoms with E-state index >= 15 is 0 Å². The van der Waals surface area contributed by atoms with Gasteiger partial charge in [-0.05, 0) is 61.0 Å². The Hall–Kier alpha value is -2.53. The van der Waals surface area contributed by atoms with Crippen molar-refractivity contribution in [2.75, 3.05) is 11.9 Å². The molecule has 112 valence electrons. The molecular formula is C16H14ClN3O2. The van der Waals surface area contributed by atoms with Gasteiger partial charge >= 0.3 is 0 Å². The first-order chi connectivity index (χ1) is 10.7. The summed E-state index contributed by atoms with van der Waals surface area (Å²) in [6, 6.07) is 12.4. The van der Waals surface area contributed by atoms with Crippen molar-refractivity contribution in [1.82, 2.24) is 9.97 Å². The second-order valence-electron chi connectivity index (χ2n) is 4.67. The standard InChI is InChI=1S/C16H14ClN3O2/c1-2-22-12-6-3-10(4-7-12)15(21)18-11-5-8-13-14(9-11)20-16(17)19-13/h3-9H,2H2,1H3,(H,18,21)(H,19,20). The van der Waals surface area contributed by atoms with Gasteiger partial charge in [-0.3, -0.25) is 4.79 Å². The molecular weight excluding hydrogens is 302 g/mol. The monoisotopic (exact) mass is 315 g/mol. The van der Waals surface area contributed by atoms with Gasteiger partial charge in [0.2, 0.25) is 5.28 Å². The predicted molar refractivity (Wildman–Crippen MR) is 86.7 cm³/mol. The number of halogens is 1. The Bertz CT molecular complexity index is 812. The molecule has 1 aromatic heterocycles. The third kappa shape index (κ3) is 3.04. The molecule has 0 atom stereocenters. The van der Waals surface area contributed by atoms with E-state index in [1.54, 1.807) is 42.5 Å². The van der Waals surface area contributed by atoms with Crippen molar-refractivity contribution >= 4 is 34.2 Å². The van der Waals surface area contributed by atoms with Gasteiger partial charge in [-0.1, -0.05) is 0 Å². The van der Waals surface area contributed by atoms with Gasteiger partial charge in [0.1, 0.15) is 5.75 Å². The molecule has 0 radical (unpaired) electrons. The Kier molecular flexibility index (Phi) is 3.98. The molecule has 3 aromatic rings. The van der Waals surface area contributed by atoms with Crippen LogP contribution in [-0.4, -0.2) is 22.5 Å². The average Bonchev–Trinajstić information content (AvgIpc) is 2.87. The van der Waals surface area contributed by atoms with Crippen molar-refractivity contribution < 1.29 is 9.53 Å². The number of hydrogen-bond acceptors (Lipinski definition) is 3. The number of H-pyrrole nitrogens is 1. The maximum atomic E-state index is 12.2. The summed E-state index contributed by atoms with van der Waals surface area (Å²) in [5.74, 6) is 0.556. The van der Waals surface area contributed by atoms with Gasteiger partial charge in [-0.25, -0.2) is 4.98 Å². The molecule has 2 N–H and O–H groups in total. The van der Waals surface area contributed by atoms with Gasteiger partial charge in [-0.2, -0.15) is 0 Å². The van der Waals surface area contributed by atoms with Crippen LogP contribution < -0.4 is 10.1 Å². The fraction of sp³-hybridized carbons (Fsp3) is 0.125. The number of nitrogens with one attached hydrogen (secondary N) is 2. The number of amides is 1. The molecule has 0 aliphatic heterocycles. The zero-order chi connectivity index (χ0) is 15.5. The second-order valence-corrected chi connectivity index (χ2v) is 5.03. The van der Waals surface area contributed by atoms with Crippen LogP contribution in [0.2, 0.25) is 5.28 Å². The van der Waals surface area contributed by atoms with Gasteiger partial charge in [0.05, 0.1) is 17.6 Å². The minimum atomic E-state index is -0.187. The fourth-order valence-corrected chi connectivity index (χ4v) is 2.32. The number of aromatic nitrogens is 2. The quantitative estimate of drug-likeness (QED) is 0.768. The molecule has 0 spiro atoms. The number of aromatic amines is 1. The van der Waals surface area contributed by atoms with Crippen LogP contribution in [0.15, 0.2) is 42.5 Å². The molecule has 3 rings (SSSR count). The normalized spacial score (nSPS) is 10.6. The number of imidazole rings is 1. The summed E-state index contributed by atoms with van der Waals surface area (Å²) in [7, 11) is 0. The van der Waals surface area contributed by atoms with E-state index in [0.29, 0.717) is 23.1 Å².